The number of unbranched alkanes of at least 4 members (excludes halogenated alkanes) is 1. The van der Waals surface area contributed by atoms with Crippen molar-refractivity contribution in [2.45, 2.75) is 38.3 Å². The Morgan fingerprint density at radius 1 is 1.19 bits per heavy atom. The molecule has 0 aromatic carbocycles. The van der Waals surface area contributed by atoms with Crippen LogP contribution >= 0.6 is 23.5 Å². The molecule has 20 heteroatoms. The van der Waals surface area contributed by atoms with Crippen LogP contribution in [-0.2, 0) is 31.6 Å². The normalized spacial score (nSPS) is 19.0. The molecule has 0 aliphatic carbocycles. The third-order valence-electron chi connectivity index (χ3n) is 3.38. The van der Waals surface area contributed by atoms with Crippen LogP contribution in [0.5, 0.6) is 0 Å². The standard InChI is InChI=1S/C12H23FN3O13P3/c1-2-3-6-26-11(16-5-4-9(14)15-12(16)18)10(13)8(17)7-27-31(22,23)29-32(24,25)28-30(19,20)21/h4-5,8,10-11,17H,2-3,6-7H2,1H3,(H,22,23)(H,24,25)(H2,14,15,18)(H2,19,20,21)/t8-,10-,11-/m1/s1. The van der Waals surface area contributed by atoms with E-state index in [1.807, 2.05) is 0 Å². The largest absolute Gasteiger partial charge is 0.490 e. The lowest BCUT2D eigenvalue weighted by molar-refractivity contribution is -0.102. The van der Waals surface area contributed by atoms with Gasteiger partial charge in [-0.3, -0.25) is 9.09 Å². The summed E-state index contributed by atoms with van der Waals surface area (Å²) in [7, 11) is -17.0. The molecule has 186 valence electrons. The molecule has 0 radical (unpaired) electrons. The molecule has 0 spiro atoms. The number of hydrogen-bond donors (Lipinski definition) is 6. The summed E-state index contributed by atoms with van der Waals surface area (Å²) in [6.45, 7) is 0.427. The fourth-order valence-electron chi connectivity index (χ4n) is 2.05. The van der Waals surface area contributed by atoms with E-state index >= 15 is 0 Å². The van der Waals surface area contributed by atoms with Crippen LogP contribution in [0.3, 0.4) is 0 Å². The molecule has 1 aromatic rings. The lowest BCUT2D eigenvalue weighted by Crippen LogP contribution is -2.40. The first kappa shape index (κ1) is 29.0. The molecule has 0 aliphatic rings. The maximum absolute atomic E-state index is 14.9. The molecule has 0 saturated carbocycles. The van der Waals surface area contributed by atoms with Crippen LogP contribution in [0.1, 0.15) is 26.0 Å². The summed E-state index contributed by atoms with van der Waals surface area (Å²) in [5.74, 6) is -0.165. The number of aliphatic hydroxyl groups is 1. The van der Waals surface area contributed by atoms with Crippen LogP contribution < -0.4 is 11.4 Å². The van der Waals surface area contributed by atoms with Gasteiger partial charge >= 0.3 is 29.2 Å². The van der Waals surface area contributed by atoms with Gasteiger partial charge in [-0.1, -0.05) is 13.3 Å². The molecule has 2 unspecified atom stereocenters. The third kappa shape index (κ3) is 10.3. The van der Waals surface area contributed by atoms with Crippen molar-refractivity contribution in [3.8, 4) is 0 Å². The molecule has 0 aliphatic heterocycles. The number of nitrogens with zero attached hydrogens (tertiary/aromatic N) is 2. The molecule has 32 heavy (non-hydrogen) atoms. The van der Waals surface area contributed by atoms with Gasteiger partial charge in [0.2, 0.25) is 0 Å². The van der Waals surface area contributed by atoms with Crippen LogP contribution in [0.2, 0.25) is 0 Å². The van der Waals surface area contributed by atoms with E-state index in [0.29, 0.717) is 17.4 Å². The van der Waals surface area contributed by atoms with Crippen molar-refractivity contribution in [1.82, 2.24) is 9.55 Å². The molecule has 0 amide bonds. The highest BCUT2D eigenvalue weighted by Crippen LogP contribution is 2.66. The van der Waals surface area contributed by atoms with E-state index in [1.165, 1.54) is 0 Å². The maximum Gasteiger partial charge on any atom is 0.490 e. The van der Waals surface area contributed by atoms with E-state index in [4.69, 9.17) is 25.2 Å². The first-order valence-corrected chi connectivity index (χ1v) is 13.2. The Labute approximate surface area is 180 Å². The molecular weight excluding hydrogens is 506 g/mol. The maximum atomic E-state index is 14.9. The molecule has 0 bridgehead atoms. The van der Waals surface area contributed by atoms with E-state index in [9.17, 15) is 32.9 Å². The Morgan fingerprint density at radius 2 is 1.81 bits per heavy atom. The first-order valence-electron chi connectivity index (χ1n) is 8.63. The zero-order valence-corrected chi connectivity index (χ0v) is 19.1. The number of aromatic nitrogens is 2. The predicted molar refractivity (Wildman–Crippen MR) is 104 cm³/mol. The number of phosphoric ester groups is 1. The minimum Gasteiger partial charge on any atom is -0.387 e. The summed E-state index contributed by atoms with van der Waals surface area (Å²) >= 11 is 0. The minimum absolute atomic E-state index is 0.0407. The van der Waals surface area contributed by atoms with Gasteiger partial charge in [-0.25, -0.2) is 22.9 Å². The van der Waals surface area contributed by atoms with Crippen molar-refractivity contribution < 1.29 is 60.6 Å². The van der Waals surface area contributed by atoms with Gasteiger partial charge in [-0.05, 0) is 12.5 Å². The van der Waals surface area contributed by atoms with E-state index in [1.54, 1.807) is 6.92 Å². The fourth-order valence-corrected chi connectivity index (χ4v) is 5.09. The summed E-state index contributed by atoms with van der Waals surface area (Å²) in [6, 6.07) is 1.16. The highest BCUT2D eigenvalue weighted by molar-refractivity contribution is 7.66. The van der Waals surface area contributed by atoms with Crippen LogP contribution in [0.15, 0.2) is 17.1 Å². The summed E-state index contributed by atoms with van der Waals surface area (Å²) in [5.41, 5.74) is 4.35. The average molecular weight is 529 g/mol. The van der Waals surface area contributed by atoms with Crippen molar-refractivity contribution in [3.05, 3.63) is 22.7 Å². The van der Waals surface area contributed by atoms with Crippen molar-refractivity contribution in [1.29, 1.82) is 0 Å². The van der Waals surface area contributed by atoms with Gasteiger partial charge in [-0.15, -0.1) is 0 Å². The van der Waals surface area contributed by atoms with Crippen molar-refractivity contribution in [2.24, 2.45) is 0 Å². The second kappa shape index (κ2) is 11.9. The monoisotopic (exact) mass is 529 g/mol. The number of anilines is 1. The second-order valence-electron chi connectivity index (χ2n) is 6.06. The molecule has 7 N–H and O–H groups in total. The lowest BCUT2D eigenvalue weighted by Gasteiger charge is -2.27. The molecule has 0 saturated heterocycles. The number of halogens is 1. The number of nitrogens with two attached hydrogens (primary N) is 1. The number of alkyl halides is 1. The van der Waals surface area contributed by atoms with Crippen LogP contribution in [-0.4, -0.2) is 59.7 Å². The van der Waals surface area contributed by atoms with Crippen LogP contribution in [0.25, 0.3) is 0 Å². The molecular formula is C12H23FN3O13P3. The molecule has 1 aromatic heterocycles. The third-order valence-corrected chi connectivity index (χ3v) is 7.18. The number of phosphoric acid groups is 3. The number of rotatable bonds is 14. The van der Waals surface area contributed by atoms with Gasteiger partial charge in [0.25, 0.3) is 0 Å². The molecule has 0 fully saturated rings. The van der Waals surface area contributed by atoms with Crippen molar-refractivity contribution >= 4 is 29.3 Å². The van der Waals surface area contributed by atoms with Gasteiger partial charge in [-0.2, -0.15) is 13.6 Å². The Balaban J connectivity index is 2.91. The Hall–Kier alpha value is -1.06. The quantitative estimate of drug-likeness (QED) is 0.139. The summed E-state index contributed by atoms with van der Waals surface area (Å²) in [5, 5.41) is 9.98. The van der Waals surface area contributed by atoms with Crippen LogP contribution in [0, 0.1) is 0 Å². The SMILES string of the molecule is CCCCO[C@H]([C@H](F)[C@H](O)COP(=O)(O)OP(=O)(O)OP(=O)(O)O)n1ccc(N)nc1=O. The number of ether oxygens (including phenoxy) is 1. The predicted octanol–water partition coefficient (Wildman–Crippen LogP) is 0.183. The van der Waals surface area contributed by atoms with Gasteiger partial charge in [0, 0.05) is 12.8 Å². The Morgan fingerprint density at radius 3 is 2.34 bits per heavy atom. The van der Waals surface area contributed by atoms with Crippen molar-refractivity contribution in [3.63, 3.8) is 0 Å². The van der Waals surface area contributed by atoms with Crippen molar-refractivity contribution in [2.75, 3.05) is 18.9 Å². The van der Waals surface area contributed by atoms with Crippen LogP contribution in [0.4, 0.5) is 10.2 Å². The number of hydrogen-bond acceptors (Lipinski definition) is 11. The van der Waals surface area contributed by atoms with Gasteiger partial charge in [0.05, 0.1) is 6.61 Å². The van der Waals surface area contributed by atoms with E-state index in [-0.39, 0.29) is 12.4 Å². The minimum atomic E-state index is -5.78. The summed E-state index contributed by atoms with van der Waals surface area (Å²) in [4.78, 5) is 50.8. The fraction of sp³-hybridized carbons (Fsp3) is 0.667. The molecule has 1 rings (SSSR count). The van der Waals surface area contributed by atoms with E-state index < -0.39 is 54.3 Å². The number of aliphatic hydroxyl groups excluding tert-OH is 1. The average Bonchev–Trinajstić information content (AvgIpc) is 2.60. The van der Waals surface area contributed by atoms with Gasteiger partial charge < -0.3 is 35.2 Å². The highest BCUT2D eigenvalue weighted by Gasteiger charge is 2.42. The zero-order chi connectivity index (χ0) is 24.7. The number of nitrogen functional groups attached to an aromatic ring is 1. The second-order valence-corrected chi connectivity index (χ2v) is 10.5. The lowest BCUT2D eigenvalue weighted by atomic mass is 10.2. The van der Waals surface area contributed by atoms with E-state index in [2.05, 4.69) is 18.1 Å². The summed E-state index contributed by atoms with van der Waals surface area (Å²) < 4.78 is 65.5. The zero-order valence-electron chi connectivity index (χ0n) is 16.4. The van der Waals surface area contributed by atoms with Gasteiger partial charge in [0.1, 0.15) is 11.9 Å². The van der Waals surface area contributed by atoms with E-state index in [0.717, 1.165) is 12.3 Å². The Kier molecular flexibility index (Phi) is 10.8. The molecule has 5 atom stereocenters. The van der Waals surface area contributed by atoms with Gasteiger partial charge in [0.15, 0.2) is 12.4 Å². The molecule has 16 nitrogen and oxygen atoms in total. The summed E-state index contributed by atoms with van der Waals surface area (Å²) in [6.07, 6.45) is -4.33. The topological polar surface area (TPSA) is 250 Å². The molecule has 1 heterocycles. The first-order chi connectivity index (χ1) is 14.6. The highest BCUT2D eigenvalue weighted by atomic mass is 31.3. The smallest absolute Gasteiger partial charge is 0.387 e. The Bertz CT molecular complexity index is 956.